The third-order valence-electron chi connectivity index (χ3n) is 9.13. The summed E-state index contributed by atoms with van der Waals surface area (Å²) in [6.07, 6.45) is 3.93. The molecule has 212 valence electrons. The number of benzene rings is 5. The van der Waals surface area contributed by atoms with Gasteiger partial charge in [0, 0.05) is 0 Å². The molecule has 4 nitrogen and oxygen atoms in total. The number of hydrogen-bond acceptors (Lipinski definition) is 2. The lowest BCUT2D eigenvalue weighted by Gasteiger charge is -2.55. The van der Waals surface area contributed by atoms with Crippen molar-refractivity contribution < 1.29 is 19.8 Å². The monoisotopic (exact) mass is 564 g/mol. The van der Waals surface area contributed by atoms with Gasteiger partial charge in [-0.05, 0) is 46.2 Å². The van der Waals surface area contributed by atoms with Gasteiger partial charge in [0.1, 0.15) is 10.8 Å². The van der Waals surface area contributed by atoms with Gasteiger partial charge in [0.05, 0.1) is 5.41 Å². The number of carboxylic acids is 2. The fourth-order valence-electron chi connectivity index (χ4n) is 7.34. The van der Waals surface area contributed by atoms with Crippen molar-refractivity contribution in [1.82, 2.24) is 0 Å². The van der Waals surface area contributed by atoms with Crippen molar-refractivity contribution in [2.45, 2.75) is 29.1 Å². The minimum absolute atomic E-state index is 0.0719. The molecule has 4 heteroatoms. The predicted molar refractivity (Wildman–Crippen MR) is 169 cm³/mol. The number of rotatable bonds is 10. The second-order valence-electron chi connectivity index (χ2n) is 11.2. The molecule has 5 aromatic rings. The van der Waals surface area contributed by atoms with E-state index in [1.807, 2.05) is 158 Å². The number of hydrogen-bond donors (Lipinski definition) is 2. The fraction of sp³-hybridized carbons (Fsp3) is 0.128. The SMILES string of the molecule is O=C(O)C(Cc1ccccc1)(c1ccccc1)C1(C(Cc2ccccc2)(C(=O)O)c2ccccc2)C=Cc2ccccc21. The van der Waals surface area contributed by atoms with E-state index in [2.05, 4.69) is 0 Å². The van der Waals surface area contributed by atoms with Gasteiger partial charge in [-0.3, -0.25) is 9.59 Å². The first-order valence-electron chi connectivity index (χ1n) is 14.4. The van der Waals surface area contributed by atoms with Crippen LogP contribution < -0.4 is 0 Å². The highest BCUT2D eigenvalue weighted by molar-refractivity contribution is 5.95. The van der Waals surface area contributed by atoms with Crippen LogP contribution >= 0.6 is 0 Å². The molecule has 2 unspecified atom stereocenters. The lowest BCUT2D eigenvalue weighted by atomic mass is 9.43. The van der Waals surface area contributed by atoms with Crippen LogP contribution in [0.1, 0.15) is 33.4 Å². The van der Waals surface area contributed by atoms with Gasteiger partial charge in [-0.1, -0.05) is 158 Å². The normalized spacial score (nSPS) is 18.2. The van der Waals surface area contributed by atoms with E-state index in [9.17, 15) is 19.8 Å². The lowest BCUT2D eigenvalue weighted by Crippen LogP contribution is -2.67. The van der Waals surface area contributed by atoms with Gasteiger partial charge in [0.2, 0.25) is 0 Å². The average molecular weight is 565 g/mol. The molecular weight excluding hydrogens is 532 g/mol. The summed E-state index contributed by atoms with van der Waals surface area (Å²) in [5.74, 6) is -2.17. The van der Waals surface area contributed by atoms with E-state index in [0.29, 0.717) is 16.7 Å². The molecule has 0 saturated heterocycles. The van der Waals surface area contributed by atoms with Gasteiger partial charge in [-0.25, -0.2) is 0 Å². The number of carbonyl (C=O) groups is 2. The second kappa shape index (κ2) is 11.2. The van der Waals surface area contributed by atoms with Crippen molar-refractivity contribution in [1.29, 1.82) is 0 Å². The van der Waals surface area contributed by atoms with Crippen LogP contribution in [0.2, 0.25) is 0 Å². The molecule has 0 radical (unpaired) electrons. The van der Waals surface area contributed by atoms with E-state index >= 15 is 0 Å². The predicted octanol–water partition coefficient (Wildman–Crippen LogP) is 7.48. The largest absolute Gasteiger partial charge is 0.481 e. The highest BCUT2D eigenvalue weighted by Crippen LogP contribution is 2.62. The van der Waals surface area contributed by atoms with E-state index < -0.39 is 28.2 Å². The standard InChI is InChI=1S/C39H32O4/c40-35(41)37(32-20-9-3-10-21-32,27-29-15-5-1-6-16-29)39(26-25-31-19-13-14-24-34(31)39)38(36(42)43,33-22-11-4-12-23-33)28-30-17-7-2-8-18-30/h1-26H,27-28H2,(H,40,41)(H,42,43). The van der Waals surface area contributed by atoms with Crippen LogP contribution in [0, 0.1) is 0 Å². The smallest absolute Gasteiger partial charge is 0.315 e. The van der Waals surface area contributed by atoms with Gasteiger partial charge >= 0.3 is 11.9 Å². The van der Waals surface area contributed by atoms with Crippen LogP contribution in [0.15, 0.2) is 152 Å². The topological polar surface area (TPSA) is 74.6 Å². The molecule has 0 saturated carbocycles. The first-order valence-corrected chi connectivity index (χ1v) is 14.4. The number of fused-ring (bicyclic) bond motifs is 1. The zero-order valence-electron chi connectivity index (χ0n) is 23.6. The summed E-state index contributed by atoms with van der Waals surface area (Å²) < 4.78 is 0. The molecule has 0 bridgehead atoms. The van der Waals surface area contributed by atoms with Gasteiger partial charge in [0.25, 0.3) is 0 Å². The Hall–Kier alpha value is -5.22. The van der Waals surface area contributed by atoms with Crippen molar-refractivity contribution in [3.63, 3.8) is 0 Å². The Balaban J connectivity index is 1.83. The summed E-state index contributed by atoms with van der Waals surface area (Å²) in [6.45, 7) is 0. The molecule has 0 amide bonds. The third kappa shape index (κ3) is 4.29. The van der Waals surface area contributed by atoms with Crippen LogP contribution in [0.25, 0.3) is 6.08 Å². The Morgan fingerprint density at radius 2 is 0.884 bits per heavy atom. The lowest BCUT2D eigenvalue weighted by molar-refractivity contribution is -0.154. The zero-order chi connectivity index (χ0) is 29.9. The van der Waals surface area contributed by atoms with Gasteiger partial charge < -0.3 is 10.2 Å². The molecule has 0 aromatic heterocycles. The molecule has 1 aliphatic rings. The first-order chi connectivity index (χ1) is 21.0. The second-order valence-corrected chi connectivity index (χ2v) is 11.2. The Morgan fingerprint density at radius 1 is 0.512 bits per heavy atom. The highest BCUT2D eigenvalue weighted by Gasteiger charge is 2.71. The van der Waals surface area contributed by atoms with Crippen LogP contribution in [0.3, 0.4) is 0 Å². The average Bonchev–Trinajstić information content (AvgIpc) is 3.45. The Bertz CT molecular complexity index is 1660. The molecule has 5 aromatic carbocycles. The summed E-state index contributed by atoms with van der Waals surface area (Å²) in [4.78, 5) is 28.7. The molecule has 0 aliphatic heterocycles. The van der Waals surface area contributed by atoms with Gasteiger partial charge in [0.15, 0.2) is 0 Å². The Kier molecular flexibility index (Phi) is 7.29. The Morgan fingerprint density at radius 3 is 1.30 bits per heavy atom. The van der Waals surface area contributed by atoms with Crippen molar-refractivity contribution in [2.24, 2.45) is 0 Å². The van der Waals surface area contributed by atoms with Crippen LogP contribution in [0.4, 0.5) is 0 Å². The molecule has 0 heterocycles. The van der Waals surface area contributed by atoms with Crippen LogP contribution in [0.5, 0.6) is 0 Å². The van der Waals surface area contributed by atoms with E-state index in [1.54, 1.807) is 0 Å². The van der Waals surface area contributed by atoms with E-state index in [0.717, 1.165) is 16.7 Å². The molecule has 1 aliphatic carbocycles. The number of allylic oxidation sites excluding steroid dienone is 1. The molecule has 2 atom stereocenters. The summed E-state index contributed by atoms with van der Waals surface area (Å²) in [5, 5.41) is 23.4. The highest BCUT2D eigenvalue weighted by atomic mass is 16.4. The molecule has 6 rings (SSSR count). The first kappa shape index (κ1) is 27.9. The van der Waals surface area contributed by atoms with E-state index in [1.165, 1.54) is 0 Å². The maximum atomic E-state index is 14.4. The van der Waals surface area contributed by atoms with Crippen molar-refractivity contribution >= 4 is 18.0 Å². The molecule has 0 spiro atoms. The molecule has 43 heavy (non-hydrogen) atoms. The molecular formula is C39H32O4. The summed E-state index contributed by atoms with van der Waals surface area (Å²) in [7, 11) is 0. The van der Waals surface area contributed by atoms with Crippen LogP contribution in [-0.4, -0.2) is 22.2 Å². The minimum Gasteiger partial charge on any atom is -0.481 e. The molecule has 0 fully saturated rings. The quantitative estimate of drug-likeness (QED) is 0.184. The fourth-order valence-corrected chi connectivity index (χ4v) is 7.34. The minimum atomic E-state index is -1.73. The van der Waals surface area contributed by atoms with Gasteiger partial charge in [-0.2, -0.15) is 0 Å². The maximum absolute atomic E-state index is 14.4. The maximum Gasteiger partial charge on any atom is 0.315 e. The number of aliphatic carboxylic acids is 2. The van der Waals surface area contributed by atoms with Crippen LogP contribution in [-0.2, 0) is 38.7 Å². The van der Waals surface area contributed by atoms with Crippen molar-refractivity contribution in [3.05, 3.63) is 185 Å². The summed E-state index contributed by atoms with van der Waals surface area (Å²) in [5.41, 5.74) is -0.849. The van der Waals surface area contributed by atoms with E-state index in [4.69, 9.17) is 0 Å². The molecule has 2 N–H and O–H groups in total. The third-order valence-corrected chi connectivity index (χ3v) is 9.13. The Labute approximate surface area is 251 Å². The van der Waals surface area contributed by atoms with Crippen molar-refractivity contribution in [3.8, 4) is 0 Å². The van der Waals surface area contributed by atoms with Crippen molar-refractivity contribution in [2.75, 3.05) is 0 Å². The van der Waals surface area contributed by atoms with E-state index in [-0.39, 0.29) is 12.8 Å². The zero-order valence-corrected chi connectivity index (χ0v) is 23.6. The number of carboxylic acid groups (broad SMARTS) is 2. The van der Waals surface area contributed by atoms with Gasteiger partial charge in [-0.15, -0.1) is 0 Å². The summed E-state index contributed by atoms with van der Waals surface area (Å²) in [6, 6.07) is 45.0. The summed E-state index contributed by atoms with van der Waals surface area (Å²) >= 11 is 0.